The van der Waals surface area contributed by atoms with Crippen LogP contribution in [-0.4, -0.2) is 15.4 Å². The molecular formula is C8H11ClN2O2. The van der Waals surface area contributed by atoms with Crippen molar-refractivity contribution >= 4 is 11.6 Å². The number of hydrogen-bond acceptors (Lipinski definition) is 2. The predicted octanol–water partition coefficient (Wildman–Crippen LogP) is 0.412. The lowest BCUT2D eigenvalue weighted by Gasteiger charge is -2.08. The number of aromatic amines is 1. The second kappa shape index (κ2) is 4.28. The van der Waals surface area contributed by atoms with E-state index in [9.17, 15) is 9.59 Å². The first-order valence-corrected chi connectivity index (χ1v) is 4.52. The van der Waals surface area contributed by atoms with Crippen LogP contribution < -0.4 is 11.2 Å². The van der Waals surface area contributed by atoms with Crippen molar-refractivity contribution in [3.63, 3.8) is 0 Å². The fraction of sp³-hybridized carbons (Fsp3) is 0.500. The molecule has 1 heterocycles. The van der Waals surface area contributed by atoms with Gasteiger partial charge in [0.25, 0.3) is 5.56 Å². The zero-order valence-corrected chi connectivity index (χ0v) is 8.04. The lowest BCUT2D eigenvalue weighted by Crippen LogP contribution is -2.30. The van der Waals surface area contributed by atoms with Gasteiger partial charge >= 0.3 is 5.69 Å². The van der Waals surface area contributed by atoms with Crippen LogP contribution in [0.3, 0.4) is 0 Å². The van der Waals surface area contributed by atoms with Crippen LogP contribution in [0.15, 0.2) is 21.9 Å². The smallest absolute Gasteiger partial charge is 0.300 e. The normalized spacial score (nSPS) is 12.8. The maximum absolute atomic E-state index is 11.2. The van der Waals surface area contributed by atoms with E-state index in [1.54, 1.807) is 0 Å². The van der Waals surface area contributed by atoms with Gasteiger partial charge in [0, 0.05) is 24.7 Å². The van der Waals surface area contributed by atoms with Gasteiger partial charge in [-0.25, -0.2) is 4.79 Å². The Balaban J connectivity index is 2.90. The predicted molar refractivity (Wildman–Crippen MR) is 51.2 cm³/mol. The van der Waals surface area contributed by atoms with Crippen LogP contribution in [0, 0.1) is 5.92 Å². The average Bonchev–Trinajstić information content (AvgIpc) is 2.09. The molecule has 5 heteroatoms. The number of aromatic nitrogens is 2. The summed E-state index contributed by atoms with van der Waals surface area (Å²) in [6.45, 7) is 2.46. The number of rotatable bonds is 3. The van der Waals surface area contributed by atoms with Crippen LogP contribution in [0.4, 0.5) is 0 Å². The Morgan fingerprint density at radius 1 is 1.62 bits per heavy atom. The van der Waals surface area contributed by atoms with E-state index in [0.717, 1.165) is 0 Å². The molecule has 0 radical (unpaired) electrons. The molecule has 1 N–H and O–H groups in total. The van der Waals surface area contributed by atoms with Crippen molar-refractivity contribution in [2.24, 2.45) is 5.92 Å². The van der Waals surface area contributed by atoms with Crippen molar-refractivity contribution in [1.29, 1.82) is 0 Å². The summed E-state index contributed by atoms with van der Waals surface area (Å²) in [4.78, 5) is 24.0. The zero-order valence-electron chi connectivity index (χ0n) is 7.29. The molecule has 0 aliphatic heterocycles. The second-order valence-corrected chi connectivity index (χ2v) is 3.33. The van der Waals surface area contributed by atoms with Gasteiger partial charge < -0.3 is 4.57 Å². The van der Waals surface area contributed by atoms with E-state index in [1.807, 2.05) is 6.92 Å². The molecule has 0 saturated carbocycles. The van der Waals surface area contributed by atoms with Crippen molar-refractivity contribution in [1.82, 2.24) is 9.55 Å². The first kappa shape index (κ1) is 10.1. The lowest BCUT2D eigenvalue weighted by atomic mass is 10.2. The Morgan fingerprint density at radius 2 is 2.31 bits per heavy atom. The molecule has 1 unspecified atom stereocenters. The number of nitrogens with zero attached hydrogens (tertiary/aromatic N) is 1. The summed E-state index contributed by atoms with van der Waals surface area (Å²) >= 11 is 5.60. The van der Waals surface area contributed by atoms with Gasteiger partial charge in [-0.2, -0.15) is 0 Å². The van der Waals surface area contributed by atoms with E-state index < -0.39 is 0 Å². The highest BCUT2D eigenvalue weighted by Crippen LogP contribution is 1.99. The Morgan fingerprint density at radius 3 is 2.85 bits per heavy atom. The van der Waals surface area contributed by atoms with Crippen molar-refractivity contribution < 1.29 is 0 Å². The lowest BCUT2D eigenvalue weighted by molar-refractivity contribution is 0.506. The van der Waals surface area contributed by atoms with Gasteiger partial charge in [-0.3, -0.25) is 9.78 Å². The Kier molecular flexibility index (Phi) is 3.31. The quantitative estimate of drug-likeness (QED) is 0.722. The zero-order chi connectivity index (χ0) is 9.84. The Labute approximate surface area is 80.2 Å². The van der Waals surface area contributed by atoms with Gasteiger partial charge in [-0.05, 0) is 5.92 Å². The molecule has 13 heavy (non-hydrogen) atoms. The molecule has 0 fully saturated rings. The Bertz CT molecular complexity index is 382. The van der Waals surface area contributed by atoms with Gasteiger partial charge in [-0.1, -0.05) is 6.92 Å². The minimum absolute atomic E-state index is 0.213. The second-order valence-electron chi connectivity index (χ2n) is 3.02. The number of nitrogens with one attached hydrogen (secondary N) is 1. The minimum Gasteiger partial charge on any atom is -0.300 e. The van der Waals surface area contributed by atoms with Crippen molar-refractivity contribution in [2.45, 2.75) is 13.5 Å². The molecule has 0 aliphatic carbocycles. The topological polar surface area (TPSA) is 54.9 Å². The fourth-order valence-electron chi connectivity index (χ4n) is 0.973. The molecule has 1 aromatic heterocycles. The standard InChI is InChI=1S/C8H11ClN2O2/c1-6(4-9)5-11-3-2-7(12)10-8(11)13/h2-3,6H,4-5H2,1H3,(H,10,12,13). The van der Waals surface area contributed by atoms with Crippen LogP contribution in [0.2, 0.25) is 0 Å². The highest BCUT2D eigenvalue weighted by molar-refractivity contribution is 6.18. The highest BCUT2D eigenvalue weighted by Gasteiger charge is 2.02. The number of alkyl halides is 1. The molecular weight excluding hydrogens is 192 g/mol. The number of H-pyrrole nitrogens is 1. The van der Waals surface area contributed by atoms with E-state index in [1.165, 1.54) is 16.8 Å². The third-order valence-electron chi connectivity index (χ3n) is 1.67. The molecule has 0 aromatic carbocycles. The third kappa shape index (κ3) is 2.73. The van der Waals surface area contributed by atoms with E-state index in [-0.39, 0.29) is 17.2 Å². The van der Waals surface area contributed by atoms with E-state index in [0.29, 0.717) is 12.4 Å². The average molecular weight is 203 g/mol. The fourth-order valence-corrected chi connectivity index (χ4v) is 1.07. The van der Waals surface area contributed by atoms with Crippen molar-refractivity contribution in [3.8, 4) is 0 Å². The molecule has 0 spiro atoms. The number of hydrogen-bond donors (Lipinski definition) is 1. The maximum Gasteiger partial charge on any atom is 0.328 e. The molecule has 1 rings (SSSR count). The van der Waals surface area contributed by atoms with E-state index in [4.69, 9.17) is 11.6 Å². The summed E-state index contributed by atoms with van der Waals surface area (Å²) in [7, 11) is 0. The first-order chi connectivity index (χ1) is 6.13. The molecule has 0 amide bonds. The molecule has 1 atom stereocenters. The van der Waals surface area contributed by atoms with Crippen LogP contribution in [-0.2, 0) is 6.54 Å². The number of halogens is 1. The Hall–Kier alpha value is -1.03. The summed E-state index contributed by atoms with van der Waals surface area (Å²) in [5.74, 6) is 0.705. The van der Waals surface area contributed by atoms with Crippen LogP contribution in [0.1, 0.15) is 6.92 Å². The maximum atomic E-state index is 11.2. The monoisotopic (exact) mass is 202 g/mol. The molecule has 72 valence electrons. The van der Waals surface area contributed by atoms with E-state index >= 15 is 0 Å². The molecule has 1 aromatic rings. The van der Waals surface area contributed by atoms with Crippen LogP contribution >= 0.6 is 11.6 Å². The van der Waals surface area contributed by atoms with Crippen molar-refractivity contribution in [3.05, 3.63) is 33.1 Å². The van der Waals surface area contributed by atoms with Crippen LogP contribution in [0.5, 0.6) is 0 Å². The summed E-state index contributed by atoms with van der Waals surface area (Å²) in [6.07, 6.45) is 1.48. The van der Waals surface area contributed by atoms with Gasteiger partial charge in [0.1, 0.15) is 0 Å². The molecule has 0 aliphatic rings. The molecule has 4 nitrogen and oxygen atoms in total. The third-order valence-corrected chi connectivity index (χ3v) is 2.20. The summed E-state index contributed by atoms with van der Waals surface area (Å²) in [5.41, 5.74) is -0.760. The van der Waals surface area contributed by atoms with Crippen LogP contribution in [0.25, 0.3) is 0 Å². The largest absolute Gasteiger partial charge is 0.328 e. The SMILES string of the molecule is CC(CCl)Cn1ccc(=O)[nH]c1=O. The highest BCUT2D eigenvalue weighted by atomic mass is 35.5. The van der Waals surface area contributed by atoms with E-state index in [2.05, 4.69) is 4.98 Å². The van der Waals surface area contributed by atoms with Gasteiger partial charge in [0.05, 0.1) is 0 Å². The summed E-state index contributed by atoms with van der Waals surface area (Å²) < 4.78 is 1.44. The summed E-state index contributed by atoms with van der Waals surface area (Å²) in [5, 5.41) is 0. The van der Waals surface area contributed by atoms with Gasteiger partial charge in [0.2, 0.25) is 0 Å². The summed E-state index contributed by atoms with van der Waals surface area (Å²) in [6, 6.07) is 1.32. The molecule has 0 bridgehead atoms. The van der Waals surface area contributed by atoms with Gasteiger partial charge in [0.15, 0.2) is 0 Å². The minimum atomic E-state index is -0.385. The van der Waals surface area contributed by atoms with Crippen molar-refractivity contribution in [2.75, 3.05) is 5.88 Å². The van der Waals surface area contributed by atoms with Gasteiger partial charge in [-0.15, -0.1) is 11.6 Å². The molecule has 0 saturated heterocycles. The first-order valence-electron chi connectivity index (χ1n) is 3.99.